The molecule has 1 aliphatic rings. The zero-order valence-electron chi connectivity index (χ0n) is 14.1. The fraction of sp³-hybridized carbons (Fsp3) is 0.200. The molecular formula is C20H18FN3O. The molecule has 2 aromatic carbocycles. The first-order chi connectivity index (χ1) is 12.0. The van der Waals surface area contributed by atoms with E-state index in [1.165, 1.54) is 17.7 Å². The number of rotatable bonds is 2. The van der Waals surface area contributed by atoms with E-state index in [9.17, 15) is 9.18 Å². The Bertz CT molecular complexity index is 960. The number of hydrogen-bond acceptors (Lipinski definition) is 2. The number of nitrogens with one attached hydrogen (secondary N) is 1. The molecule has 126 valence electrons. The van der Waals surface area contributed by atoms with E-state index < -0.39 is 0 Å². The first-order valence-electron chi connectivity index (χ1n) is 8.24. The lowest BCUT2D eigenvalue weighted by atomic mass is 9.84. The van der Waals surface area contributed by atoms with E-state index >= 15 is 0 Å². The van der Waals surface area contributed by atoms with Crippen LogP contribution in [0.3, 0.4) is 0 Å². The minimum absolute atomic E-state index is 0.0298. The first-order valence-corrected chi connectivity index (χ1v) is 8.24. The maximum Gasteiger partial charge on any atom is 0.226 e. The Kier molecular flexibility index (Phi) is 3.64. The van der Waals surface area contributed by atoms with Crippen molar-refractivity contribution in [3.63, 3.8) is 0 Å². The SMILES string of the molecule is Cc1ccc(C)c([C@H]2CC(=O)Nc3c2cnn3-c2ccc(F)cc2)c1. The summed E-state index contributed by atoms with van der Waals surface area (Å²) in [7, 11) is 0. The average molecular weight is 335 g/mol. The van der Waals surface area contributed by atoms with Gasteiger partial charge in [-0.25, -0.2) is 9.07 Å². The van der Waals surface area contributed by atoms with Gasteiger partial charge in [-0.15, -0.1) is 0 Å². The van der Waals surface area contributed by atoms with Crippen molar-refractivity contribution in [2.24, 2.45) is 0 Å². The number of amides is 1. The Hall–Kier alpha value is -2.95. The van der Waals surface area contributed by atoms with Crippen LogP contribution in [-0.2, 0) is 4.79 Å². The van der Waals surface area contributed by atoms with Gasteiger partial charge in [0, 0.05) is 17.9 Å². The number of fused-ring (bicyclic) bond motifs is 1. The molecule has 5 heteroatoms. The standard InChI is InChI=1S/C20H18FN3O/c1-12-3-4-13(2)16(9-12)17-10-19(25)23-20-18(17)11-22-24(20)15-7-5-14(21)6-8-15/h3-9,11,17H,10H2,1-2H3,(H,23,25)/t17-/m1/s1. The number of carbonyl (C=O) groups is 1. The molecule has 0 aliphatic carbocycles. The topological polar surface area (TPSA) is 46.9 Å². The summed E-state index contributed by atoms with van der Waals surface area (Å²) in [4.78, 5) is 12.3. The molecule has 0 unspecified atom stereocenters. The molecule has 0 saturated heterocycles. The summed E-state index contributed by atoms with van der Waals surface area (Å²) >= 11 is 0. The highest BCUT2D eigenvalue weighted by Gasteiger charge is 2.31. The molecule has 3 aromatic rings. The van der Waals surface area contributed by atoms with Crippen LogP contribution in [-0.4, -0.2) is 15.7 Å². The van der Waals surface area contributed by atoms with E-state index in [2.05, 4.69) is 42.5 Å². The highest BCUT2D eigenvalue weighted by atomic mass is 19.1. The predicted molar refractivity (Wildman–Crippen MR) is 94.5 cm³/mol. The molecule has 0 spiro atoms. The van der Waals surface area contributed by atoms with Crippen molar-refractivity contribution in [1.29, 1.82) is 0 Å². The second-order valence-electron chi connectivity index (χ2n) is 6.50. The van der Waals surface area contributed by atoms with Crippen LogP contribution in [0.1, 0.15) is 34.6 Å². The number of hydrogen-bond donors (Lipinski definition) is 1. The van der Waals surface area contributed by atoms with Crippen LogP contribution in [0.15, 0.2) is 48.7 Å². The normalized spacial score (nSPS) is 16.4. The van der Waals surface area contributed by atoms with Gasteiger partial charge in [0.25, 0.3) is 0 Å². The molecule has 0 fully saturated rings. The molecule has 4 nitrogen and oxygen atoms in total. The molecule has 25 heavy (non-hydrogen) atoms. The quantitative estimate of drug-likeness (QED) is 0.766. The maximum absolute atomic E-state index is 13.2. The number of carbonyl (C=O) groups excluding carboxylic acids is 1. The van der Waals surface area contributed by atoms with E-state index in [1.54, 1.807) is 23.0 Å². The molecule has 1 amide bonds. The highest BCUT2D eigenvalue weighted by molar-refractivity contribution is 5.94. The lowest BCUT2D eigenvalue weighted by molar-refractivity contribution is -0.116. The monoisotopic (exact) mass is 335 g/mol. The Morgan fingerprint density at radius 1 is 1.12 bits per heavy atom. The second-order valence-corrected chi connectivity index (χ2v) is 6.50. The number of aryl methyl sites for hydroxylation is 2. The van der Waals surface area contributed by atoms with E-state index in [1.807, 2.05) is 0 Å². The summed E-state index contributed by atoms with van der Waals surface area (Å²) in [5.74, 6) is 0.288. The van der Waals surface area contributed by atoms with Crippen molar-refractivity contribution < 1.29 is 9.18 Å². The second kappa shape index (κ2) is 5.84. The molecule has 0 bridgehead atoms. The zero-order valence-corrected chi connectivity index (χ0v) is 14.1. The third-order valence-electron chi connectivity index (χ3n) is 4.70. The van der Waals surface area contributed by atoms with Crippen molar-refractivity contribution in [3.05, 3.63) is 76.7 Å². The van der Waals surface area contributed by atoms with Crippen LogP contribution in [0.25, 0.3) is 5.69 Å². The minimum Gasteiger partial charge on any atom is -0.310 e. The summed E-state index contributed by atoms with van der Waals surface area (Å²) in [6.45, 7) is 4.11. The Morgan fingerprint density at radius 2 is 1.88 bits per heavy atom. The van der Waals surface area contributed by atoms with E-state index in [0.29, 0.717) is 17.9 Å². The largest absolute Gasteiger partial charge is 0.310 e. The van der Waals surface area contributed by atoms with Crippen LogP contribution in [0, 0.1) is 19.7 Å². The van der Waals surface area contributed by atoms with Gasteiger partial charge in [-0.1, -0.05) is 23.8 Å². The smallest absolute Gasteiger partial charge is 0.226 e. The minimum atomic E-state index is -0.304. The zero-order chi connectivity index (χ0) is 17.6. The predicted octanol–water partition coefficient (Wildman–Crippen LogP) is 4.10. The first kappa shape index (κ1) is 15.6. The molecule has 1 aromatic heterocycles. The average Bonchev–Trinajstić information content (AvgIpc) is 3.01. The van der Waals surface area contributed by atoms with Gasteiger partial charge >= 0.3 is 0 Å². The van der Waals surface area contributed by atoms with Gasteiger partial charge in [-0.2, -0.15) is 5.10 Å². The van der Waals surface area contributed by atoms with Crippen LogP contribution < -0.4 is 5.32 Å². The summed E-state index contributed by atoms with van der Waals surface area (Å²) < 4.78 is 14.9. The fourth-order valence-corrected chi connectivity index (χ4v) is 3.41. The van der Waals surface area contributed by atoms with Crippen LogP contribution in [0.4, 0.5) is 10.2 Å². The van der Waals surface area contributed by atoms with Gasteiger partial charge in [-0.3, -0.25) is 4.79 Å². The lowest BCUT2D eigenvalue weighted by Gasteiger charge is -2.25. The molecule has 1 aliphatic heterocycles. The fourth-order valence-electron chi connectivity index (χ4n) is 3.41. The van der Waals surface area contributed by atoms with Crippen molar-refractivity contribution >= 4 is 11.7 Å². The van der Waals surface area contributed by atoms with E-state index in [-0.39, 0.29) is 17.6 Å². The molecule has 0 radical (unpaired) electrons. The van der Waals surface area contributed by atoms with Gasteiger partial charge in [-0.05, 0) is 49.2 Å². The third kappa shape index (κ3) is 2.71. The number of aromatic nitrogens is 2. The highest BCUT2D eigenvalue weighted by Crippen LogP contribution is 2.39. The molecule has 2 heterocycles. The molecule has 4 rings (SSSR count). The molecule has 1 atom stereocenters. The third-order valence-corrected chi connectivity index (χ3v) is 4.70. The van der Waals surface area contributed by atoms with Crippen LogP contribution >= 0.6 is 0 Å². The number of halogens is 1. The summed E-state index contributed by atoms with van der Waals surface area (Å²) in [5, 5.41) is 7.36. The van der Waals surface area contributed by atoms with E-state index in [0.717, 1.165) is 16.7 Å². The van der Waals surface area contributed by atoms with Gasteiger partial charge < -0.3 is 5.32 Å². The Balaban J connectivity index is 1.84. The van der Waals surface area contributed by atoms with Gasteiger partial charge in [0.2, 0.25) is 5.91 Å². The number of anilines is 1. The van der Waals surface area contributed by atoms with Gasteiger partial charge in [0.1, 0.15) is 11.6 Å². The van der Waals surface area contributed by atoms with E-state index in [4.69, 9.17) is 0 Å². The van der Waals surface area contributed by atoms with Crippen LogP contribution in [0.2, 0.25) is 0 Å². The van der Waals surface area contributed by atoms with Crippen molar-refractivity contribution in [3.8, 4) is 5.69 Å². The maximum atomic E-state index is 13.2. The number of benzene rings is 2. The molecular weight excluding hydrogens is 317 g/mol. The summed E-state index contributed by atoms with van der Waals surface area (Å²) in [6, 6.07) is 12.4. The summed E-state index contributed by atoms with van der Waals surface area (Å²) in [5.41, 5.74) is 5.17. The van der Waals surface area contributed by atoms with Gasteiger partial charge in [0.15, 0.2) is 0 Å². The van der Waals surface area contributed by atoms with Crippen molar-refractivity contribution in [2.45, 2.75) is 26.2 Å². The Morgan fingerprint density at radius 3 is 2.64 bits per heavy atom. The summed E-state index contributed by atoms with van der Waals surface area (Å²) in [6.07, 6.45) is 2.19. The molecule has 1 N–H and O–H groups in total. The molecule has 0 saturated carbocycles. The van der Waals surface area contributed by atoms with Gasteiger partial charge in [0.05, 0.1) is 11.9 Å². The number of nitrogens with zero attached hydrogens (tertiary/aromatic N) is 2. The Labute approximate surface area is 145 Å². The van der Waals surface area contributed by atoms with Crippen LogP contribution in [0.5, 0.6) is 0 Å². The van der Waals surface area contributed by atoms with Crippen molar-refractivity contribution in [2.75, 3.05) is 5.32 Å². The lowest BCUT2D eigenvalue weighted by Crippen LogP contribution is -2.25. The van der Waals surface area contributed by atoms with Crippen molar-refractivity contribution in [1.82, 2.24) is 9.78 Å².